The van der Waals surface area contributed by atoms with Gasteiger partial charge in [-0.05, 0) is 17.8 Å². The summed E-state index contributed by atoms with van der Waals surface area (Å²) in [5.74, 6) is 0. The monoisotopic (exact) mass is 136 g/mol. The van der Waals surface area contributed by atoms with Gasteiger partial charge in [-0.3, -0.25) is 0 Å². The fourth-order valence-electron chi connectivity index (χ4n) is 0.727. The number of rotatable bonds is 2. The molecule has 1 N–H and O–H groups in total. The maximum atomic E-state index is 7.99. The van der Waals surface area contributed by atoms with Crippen LogP contribution in [0, 0.1) is 0 Å². The SMILES string of the molecule is [N-]=[N+]=NCC1C=CC=CN1. The van der Waals surface area contributed by atoms with Crippen molar-refractivity contribution in [2.24, 2.45) is 5.11 Å². The van der Waals surface area contributed by atoms with Crippen LogP contribution < -0.4 is 5.32 Å². The van der Waals surface area contributed by atoms with Crippen LogP contribution in [0.25, 0.3) is 10.4 Å². The van der Waals surface area contributed by atoms with E-state index in [0.717, 1.165) is 0 Å². The predicted molar refractivity (Wildman–Crippen MR) is 39.2 cm³/mol. The Hall–Kier alpha value is -1.41. The Balaban J connectivity index is 2.36. The molecule has 0 saturated carbocycles. The summed E-state index contributed by atoms with van der Waals surface area (Å²) in [5.41, 5.74) is 7.99. The van der Waals surface area contributed by atoms with Crippen molar-refractivity contribution in [1.82, 2.24) is 5.32 Å². The van der Waals surface area contributed by atoms with Crippen molar-refractivity contribution in [2.75, 3.05) is 6.54 Å². The lowest BCUT2D eigenvalue weighted by Gasteiger charge is -2.11. The third-order valence-electron chi connectivity index (χ3n) is 1.20. The van der Waals surface area contributed by atoms with Crippen LogP contribution in [0.3, 0.4) is 0 Å². The molecule has 1 aliphatic heterocycles. The van der Waals surface area contributed by atoms with Gasteiger partial charge in [0.05, 0.1) is 0 Å². The van der Waals surface area contributed by atoms with E-state index in [2.05, 4.69) is 15.3 Å². The number of hydrogen-bond acceptors (Lipinski definition) is 2. The van der Waals surface area contributed by atoms with Crippen molar-refractivity contribution < 1.29 is 0 Å². The number of allylic oxidation sites excluding steroid dienone is 2. The van der Waals surface area contributed by atoms with Crippen molar-refractivity contribution in [3.05, 3.63) is 34.9 Å². The van der Waals surface area contributed by atoms with Crippen molar-refractivity contribution in [3.8, 4) is 0 Å². The zero-order valence-electron chi connectivity index (χ0n) is 5.44. The molecular weight excluding hydrogens is 128 g/mol. The molecule has 0 fully saturated rings. The highest BCUT2D eigenvalue weighted by molar-refractivity contribution is 5.12. The fraction of sp³-hybridized carbons (Fsp3) is 0.333. The summed E-state index contributed by atoms with van der Waals surface area (Å²) in [6, 6.07) is 0.167. The van der Waals surface area contributed by atoms with Gasteiger partial charge in [0.25, 0.3) is 0 Å². The third kappa shape index (κ3) is 1.84. The molecule has 1 rings (SSSR count). The first kappa shape index (κ1) is 6.71. The van der Waals surface area contributed by atoms with Gasteiger partial charge in [0, 0.05) is 17.5 Å². The van der Waals surface area contributed by atoms with E-state index in [1.165, 1.54) is 0 Å². The van der Waals surface area contributed by atoms with E-state index in [9.17, 15) is 0 Å². The summed E-state index contributed by atoms with van der Waals surface area (Å²) in [5, 5.41) is 6.45. The first-order valence-corrected chi connectivity index (χ1v) is 3.04. The summed E-state index contributed by atoms with van der Waals surface area (Å²) in [4.78, 5) is 2.66. The highest BCUT2D eigenvalue weighted by atomic mass is 15.1. The van der Waals surface area contributed by atoms with E-state index >= 15 is 0 Å². The molecule has 10 heavy (non-hydrogen) atoms. The van der Waals surface area contributed by atoms with Crippen molar-refractivity contribution >= 4 is 0 Å². The van der Waals surface area contributed by atoms with E-state index < -0.39 is 0 Å². The van der Waals surface area contributed by atoms with Gasteiger partial charge >= 0.3 is 0 Å². The van der Waals surface area contributed by atoms with E-state index in [1.54, 1.807) is 0 Å². The highest BCUT2D eigenvalue weighted by Gasteiger charge is 1.99. The summed E-state index contributed by atoms with van der Waals surface area (Å²) >= 11 is 0. The Morgan fingerprint density at radius 1 is 1.60 bits per heavy atom. The maximum Gasteiger partial charge on any atom is 0.0498 e. The average molecular weight is 136 g/mol. The minimum atomic E-state index is 0.167. The molecule has 0 bridgehead atoms. The maximum absolute atomic E-state index is 7.99. The zero-order valence-corrected chi connectivity index (χ0v) is 5.44. The molecule has 0 aliphatic carbocycles. The molecule has 4 heteroatoms. The molecule has 0 spiro atoms. The van der Waals surface area contributed by atoms with E-state index in [-0.39, 0.29) is 6.04 Å². The van der Waals surface area contributed by atoms with Gasteiger partial charge in [0.2, 0.25) is 0 Å². The van der Waals surface area contributed by atoms with Crippen molar-refractivity contribution in [2.45, 2.75) is 6.04 Å². The van der Waals surface area contributed by atoms with Gasteiger partial charge in [-0.25, -0.2) is 0 Å². The number of azide groups is 1. The quantitative estimate of drug-likeness (QED) is 0.347. The third-order valence-corrected chi connectivity index (χ3v) is 1.20. The van der Waals surface area contributed by atoms with Crippen LogP contribution >= 0.6 is 0 Å². The van der Waals surface area contributed by atoms with Crippen LogP contribution in [0.2, 0.25) is 0 Å². The molecule has 52 valence electrons. The summed E-state index contributed by atoms with van der Waals surface area (Å²) in [6.45, 7) is 0.470. The zero-order chi connectivity index (χ0) is 7.23. The van der Waals surface area contributed by atoms with Crippen LogP contribution in [0.1, 0.15) is 0 Å². The number of hydrogen-bond donors (Lipinski definition) is 1. The van der Waals surface area contributed by atoms with Gasteiger partial charge in [-0.2, -0.15) is 0 Å². The molecule has 0 radical (unpaired) electrons. The molecule has 0 aromatic heterocycles. The molecule has 1 unspecified atom stereocenters. The lowest BCUT2D eigenvalue weighted by Crippen LogP contribution is -2.26. The fourth-order valence-corrected chi connectivity index (χ4v) is 0.727. The largest absolute Gasteiger partial charge is 0.385 e. The Labute approximate surface area is 58.9 Å². The molecule has 1 heterocycles. The van der Waals surface area contributed by atoms with Gasteiger partial charge < -0.3 is 5.32 Å². The normalized spacial score (nSPS) is 21.4. The average Bonchev–Trinajstić information content (AvgIpc) is 2.03. The second kappa shape index (κ2) is 3.58. The van der Waals surface area contributed by atoms with Crippen LogP contribution in [0.4, 0.5) is 0 Å². The van der Waals surface area contributed by atoms with Gasteiger partial charge in [0.15, 0.2) is 0 Å². The lowest BCUT2D eigenvalue weighted by atomic mass is 10.2. The van der Waals surface area contributed by atoms with E-state index in [1.807, 2.05) is 24.4 Å². The number of nitrogens with one attached hydrogen (secondary N) is 1. The first-order chi connectivity index (χ1) is 4.93. The second-order valence-corrected chi connectivity index (χ2v) is 1.93. The minimum Gasteiger partial charge on any atom is -0.385 e. The standard InChI is InChI=1S/C6H8N4/c7-10-9-5-6-3-1-2-4-8-6/h1-4,6,8H,5H2. The highest BCUT2D eigenvalue weighted by Crippen LogP contribution is 1.94. The van der Waals surface area contributed by atoms with Crippen molar-refractivity contribution in [3.63, 3.8) is 0 Å². The van der Waals surface area contributed by atoms with E-state index in [0.29, 0.717) is 6.54 Å². The smallest absolute Gasteiger partial charge is 0.0498 e. The summed E-state index contributed by atoms with van der Waals surface area (Å²) < 4.78 is 0. The van der Waals surface area contributed by atoms with Crippen LogP contribution in [0.5, 0.6) is 0 Å². The Morgan fingerprint density at radius 2 is 2.50 bits per heavy atom. The molecule has 0 aromatic carbocycles. The van der Waals surface area contributed by atoms with Crippen LogP contribution in [0.15, 0.2) is 29.5 Å². The van der Waals surface area contributed by atoms with Crippen LogP contribution in [-0.4, -0.2) is 12.6 Å². The molecule has 0 saturated heterocycles. The molecule has 1 atom stereocenters. The topological polar surface area (TPSA) is 60.8 Å². The number of dihydropyridines is 1. The van der Waals surface area contributed by atoms with Crippen molar-refractivity contribution in [1.29, 1.82) is 0 Å². The number of nitrogens with zero attached hydrogens (tertiary/aromatic N) is 3. The minimum absolute atomic E-state index is 0.167. The van der Waals surface area contributed by atoms with Gasteiger partial charge in [-0.15, -0.1) is 0 Å². The lowest BCUT2D eigenvalue weighted by molar-refractivity contribution is 0.699. The molecule has 1 aliphatic rings. The summed E-state index contributed by atoms with van der Waals surface area (Å²) in [7, 11) is 0. The molecule has 4 nitrogen and oxygen atoms in total. The molecule has 0 aromatic rings. The molecular formula is C6H8N4. The molecule has 0 amide bonds. The first-order valence-electron chi connectivity index (χ1n) is 3.04. The predicted octanol–water partition coefficient (Wildman–Crippen LogP) is 1.34. The van der Waals surface area contributed by atoms with Gasteiger partial charge in [0.1, 0.15) is 0 Å². The Morgan fingerprint density at radius 3 is 3.10 bits per heavy atom. The van der Waals surface area contributed by atoms with Crippen LogP contribution in [-0.2, 0) is 0 Å². The Bertz CT molecular complexity index is 200. The van der Waals surface area contributed by atoms with Gasteiger partial charge in [-0.1, -0.05) is 17.3 Å². The Kier molecular flexibility index (Phi) is 2.40. The van der Waals surface area contributed by atoms with E-state index in [4.69, 9.17) is 5.53 Å². The second-order valence-electron chi connectivity index (χ2n) is 1.93. The summed E-state index contributed by atoms with van der Waals surface area (Å²) in [6.07, 6.45) is 7.60.